The van der Waals surface area contributed by atoms with Gasteiger partial charge in [0.25, 0.3) is 0 Å². The summed E-state index contributed by atoms with van der Waals surface area (Å²) in [6.07, 6.45) is 1.79. The maximum Gasteiger partial charge on any atom is 0.182 e. The lowest BCUT2D eigenvalue weighted by molar-refractivity contribution is 0.302. The van der Waals surface area contributed by atoms with Crippen LogP contribution in [0.3, 0.4) is 0 Å². The third kappa shape index (κ3) is 4.56. The first-order valence-corrected chi connectivity index (χ1v) is 9.47. The number of nitrogens with zero attached hydrogens (tertiary/aromatic N) is 1. The van der Waals surface area contributed by atoms with E-state index in [1.807, 2.05) is 35.7 Å². The molecule has 0 bridgehead atoms. The van der Waals surface area contributed by atoms with Crippen LogP contribution in [0.4, 0.5) is 5.13 Å². The monoisotopic (exact) mass is 452 g/mol. The molecular weight excluding hydrogens is 440 g/mol. The van der Waals surface area contributed by atoms with E-state index in [1.165, 1.54) is 0 Å². The standard InChI is InChI=1S/C17H14Br2N2OS/c18-14-8-13(10-21-17-20-6-7-23-17)9-15(19)16(14)22-11-12-4-2-1-3-5-12/h1-9H,10-11H2,(H,20,21). The molecule has 0 saturated heterocycles. The minimum atomic E-state index is 0.536. The number of thiazole rings is 1. The Morgan fingerprint density at radius 2 is 1.78 bits per heavy atom. The molecule has 6 heteroatoms. The fraction of sp³-hybridized carbons (Fsp3) is 0.118. The lowest BCUT2D eigenvalue weighted by Crippen LogP contribution is -2.01. The third-order valence-electron chi connectivity index (χ3n) is 3.16. The van der Waals surface area contributed by atoms with E-state index in [0.29, 0.717) is 13.2 Å². The van der Waals surface area contributed by atoms with E-state index in [1.54, 1.807) is 17.5 Å². The first-order valence-electron chi connectivity index (χ1n) is 7.00. The van der Waals surface area contributed by atoms with Crippen molar-refractivity contribution in [1.29, 1.82) is 0 Å². The molecule has 3 nitrogen and oxygen atoms in total. The quantitative estimate of drug-likeness (QED) is 0.507. The molecule has 0 saturated carbocycles. The van der Waals surface area contributed by atoms with Gasteiger partial charge in [0, 0.05) is 18.1 Å². The Hall–Kier alpha value is -1.37. The molecule has 1 aromatic heterocycles. The van der Waals surface area contributed by atoms with E-state index < -0.39 is 0 Å². The van der Waals surface area contributed by atoms with Crippen molar-refractivity contribution in [1.82, 2.24) is 4.98 Å². The molecule has 23 heavy (non-hydrogen) atoms. The molecule has 0 spiro atoms. The van der Waals surface area contributed by atoms with Gasteiger partial charge in [-0.15, -0.1) is 11.3 Å². The highest BCUT2D eigenvalue weighted by molar-refractivity contribution is 9.11. The fourth-order valence-electron chi connectivity index (χ4n) is 2.07. The van der Waals surface area contributed by atoms with E-state index in [9.17, 15) is 0 Å². The number of ether oxygens (including phenoxy) is 1. The first kappa shape index (κ1) is 16.5. The number of nitrogens with one attached hydrogen (secondary N) is 1. The van der Waals surface area contributed by atoms with Gasteiger partial charge in [-0.2, -0.15) is 0 Å². The van der Waals surface area contributed by atoms with Crippen molar-refractivity contribution in [3.63, 3.8) is 0 Å². The SMILES string of the molecule is Brc1cc(CNc2nccs2)cc(Br)c1OCc1ccccc1. The molecule has 1 N–H and O–H groups in total. The number of benzene rings is 2. The molecule has 2 aromatic carbocycles. The zero-order valence-corrected chi connectivity index (χ0v) is 16.1. The van der Waals surface area contributed by atoms with Crippen LogP contribution in [0.5, 0.6) is 5.75 Å². The second kappa shape index (κ2) is 7.95. The van der Waals surface area contributed by atoms with Gasteiger partial charge in [0.1, 0.15) is 12.4 Å². The third-order valence-corrected chi connectivity index (χ3v) is 5.07. The molecule has 0 aliphatic rings. The van der Waals surface area contributed by atoms with Crippen LogP contribution >= 0.6 is 43.2 Å². The van der Waals surface area contributed by atoms with Crippen molar-refractivity contribution in [2.75, 3.05) is 5.32 Å². The second-order valence-electron chi connectivity index (χ2n) is 4.85. The van der Waals surface area contributed by atoms with Crippen LogP contribution in [0.2, 0.25) is 0 Å². The Labute approximate surface area is 156 Å². The molecule has 0 fully saturated rings. The van der Waals surface area contributed by atoms with Gasteiger partial charge < -0.3 is 10.1 Å². The summed E-state index contributed by atoms with van der Waals surface area (Å²) in [5, 5.41) is 6.17. The lowest BCUT2D eigenvalue weighted by Gasteiger charge is -2.13. The van der Waals surface area contributed by atoms with E-state index in [0.717, 1.165) is 31.0 Å². The topological polar surface area (TPSA) is 34.2 Å². The zero-order chi connectivity index (χ0) is 16.1. The van der Waals surface area contributed by atoms with Crippen LogP contribution < -0.4 is 10.1 Å². The molecule has 0 atom stereocenters. The highest BCUT2D eigenvalue weighted by Crippen LogP contribution is 2.35. The summed E-state index contributed by atoms with van der Waals surface area (Å²) in [5.41, 5.74) is 2.28. The second-order valence-corrected chi connectivity index (χ2v) is 7.46. The van der Waals surface area contributed by atoms with Gasteiger partial charge in [-0.05, 0) is 55.1 Å². The lowest BCUT2D eigenvalue weighted by atomic mass is 10.2. The minimum Gasteiger partial charge on any atom is -0.487 e. The molecule has 0 aliphatic carbocycles. The summed E-state index contributed by atoms with van der Waals surface area (Å²) in [5.74, 6) is 0.812. The highest BCUT2D eigenvalue weighted by Gasteiger charge is 2.10. The zero-order valence-electron chi connectivity index (χ0n) is 12.1. The number of hydrogen-bond acceptors (Lipinski definition) is 4. The molecule has 3 aromatic rings. The van der Waals surface area contributed by atoms with Crippen molar-refractivity contribution in [2.24, 2.45) is 0 Å². The average Bonchev–Trinajstić information content (AvgIpc) is 3.06. The van der Waals surface area contributed by atoms with Gasteiger partial charge in [0.2, 0.25) is 0 Å². The summed E-state index contributed by atoms with van der Waals surface area (Å²) in [7, 11) is 0. The van der Waals surface area contributed by atoms with Gasteiger partial charge in [0.05, 0.1) is 8.95 Å². The maximum absolute atomic E-state index is 5.93. The Balaban J connectivity index is 1.67. The Morgan fingerprint density at radius 3 is 2.43 bits per heavy atom. The predicted octanol–water partition coefficient (Wildman–Crippen LogP) is 5.86. The van der Waals surface area contributed by atoms with Crippen molar-refractivity contribution < 1.29 is 4.74 Å². The molecular formula is C17H14Br2N2OS. The summed E-state index contributed by atoms with van der Waals surface area (Å²) in [6.45, 7) is 1.25. The van der Waals surface area contributed by atoms with E-state index >= 15 is 0 Å². The van der Waals surface area contributed by atoms with Crippen molar-refractivity contribution in [3.05, 3.63) is 74.1 Å². The van der Waals surface area contributed by atoms with E-state index in [-0.39, 0.29) is 0 Å². The normalized spacial score (nSPS) is 10.5. The predicted molar refractivity (Wildman–Crippen MR) is 102 cm³/mol. The summed E-state index contributed by atoms with van der Waals surface area (Å²) in [6, 6.07) is 14.2. The smallest absolute Gasteiger partial charge is 0.182 e. The Kier molecular flexibility index (Phi) is 5.70. The number of hydrogen-bond donors (Lipinski definition) is 1. The van der Waals surface area contributed by atoms with Crippen LogP contribution in [0.1, 0.15) is 11.1 Å². The highest BCUT2D eigenvalue weighted by atomic mass is 79.9. The largest absolute Gasteiger partial charge is 0.487 e. The van der Waals surface area contributed by atoms with Crippen molar-refractivity contribution >= 4 is 48.3 Å². The van der Waals surface area contributed by atoms with Crippen LogP contribution in [0.15, 0.2) is 63.0 Å². The Morgan fingerprint density at radius 1 is 1.04 bits per heavy atom. The molecule has 0 unspecified atom stereocenters. The molecule has 0 radical (unpaired) electrons. The molecule has 0 aliphatic heterocycles. The first-order chi connectivity index (χ1) is 11.2. The van der Waals surface area contributed by atoms with Crippen molar-refractivity contribution in [2.45, 2.75) is 13.2 Å². The van der Waals surface area contributed by atoms with Gasteiger partial charge in [-0.3, -0.25) is 0 Å². The van der Waals surface area contributed by atoms with Gasteiger partial charge in [0.15, 0.2) is 5.13 Å². The van der Waals surface area contributed by atoms with Gasteiger partial charge in [-0.25, -0.2) is 4.98 Å². The number of halogens is 2. The fourth-order valence-corrected chi connectivity index (χ4v) is 4.11. The van der Waals surface area contributed by atoms with Gasteiger partial charge in [-0.1, -0.05) is 30.3 Å². The Bertz CT molecular complexity index is 741. The van der Waals surface area contributed by atoms with E-state index in [2.05, 4.69) is 54.3 Å². The minimum absolute atomic E-state index is 0.536. The summed E-state index contributed by atoms with van der Waals surface area (Å²) in [4.78, 5) is 4.22. The van der Waals surface area contributed by atoms with Crippen LogP contribution in [0, 0.1) is 0 Å². The number of aromatic nitrogens is 1. The molecule has 0 amide bonds. The van der Waals surface area contributed by atoms with E-state index in [4.69, 9.17) is 4.74 Å². The summed E-state index contributed by atoms with van der Waals surface area (Å²) < 4.78 is 7.79. The van der Waals surface area contributed by atoms with Crippen LogP contribution in [0.25, 0.3) is 0 Å². The van der Waals surface area contributed by atoms with Crippen molar-refractivity contribution in [3.8, 4) is 5.75 Å². The van der Waals surface area contributed by atoms with Crippen LogP contribution in [-0.4, -0.2) is 4.98 Å². The summed E-state index contributed by atoms with van der Waals surface area (Å²) >= 11 is 8.78. The molecule has 118 valence electrons. The maximum atomic E-state index is 5.93. The van der Waals surface area contributed by atoms with Crippen LogP contribution in [-0.2, 0) is 13.2 Å². The molecule has 3 rings (SSSR count). The number of rotatable bonds is 6. The van der Waals surface area contributed by atoms with Gasteiger partial charge >= 0.3 is 0 Å². The molecule has 1 heterocycles. The number of anilines is 1. The average molecular weight is 454 g/mol.